The van der Waals surface area contributed by atoms with Crippen LogP contribution in [-0.4, -0.2) is 5.91 Å². The third-order valence-corrected chi connectivity index (χ3v) is 4.01. The Morgan fingerprint density at radius 3 is 2.42 bits per heavy atom. The Kier molecular flexibility index (Phi) is 4.06. The molecule has 5 N–H and O–H groups in total. The summed E-state index contributed by atoms with van der Waals surface area (Å²) in [6, 6.07) is 10.2. The lowest BCUT2D eigenvalue weighted by atomic mass is 10.1. The maximum Gasteiger partial charge on any atom is 0.260 e. The Morgan fingerprint density at radius 1 is 1.26 bits per heavy atom. The molecule has 100 valence electrons. The van der Waals surface area contributed by atoms with Crippen molar-refractivity contribution in [1.82, 2.24) is 0 Å². The minimum absolute atomic E-state index is 0.406. The van der Waals surface area contributed by atoms with Crippen molar-refractivity contribution in [2.75, 3.05) is 11.1 Å². The van der Waals surface area contributed by atoms with E-state index in [2.05, 4.69) is 36.5 Å². The molecule has 0 saturated heterocycles. The quantitative estimate of drug-likeness (QED) is 0.784. The Hall–Kier alpha value is -2.01. The lowest BCUT2D eigenvalue weighted by Gasteiger charge is -2.04. The third kappa shape index (κ3) is 3.26. The van der Waals surface area contributed by atoms with Gasteiger partial charge in [0.05, 0.1) is 10.7 Å². The van der Waals surface area contributed by atoms with Gasteiger partial charge >= 0.3 is 0 Å². The van der Waals surface area contributed by atoms with E-state index in [0.29, 0.717) is 17.1 Å². The van der Waals surface area contributed by atoms with Crippen molar-refractivity contribution in [3.8, 4) is 0 Å². The maximum absolute atomic E-state index is 11.1. The predicted molar refractivity (Wildman–Crippen MR) is 80.4 cm³/mol. The van der Waals surface area contributed by atoms with Crippen LogP contribution in [0, 0.1) is 0 Å². The van der Waals surface area contributed by atoms with Crippen molar-refractivity contribution in [1.29, 1.82) is 0 Å². The number of hydrogen-bond donors (Lipinski definition) is 3. The number of thiophene rings is 1. The van der Waals surface area contributed by atoms with Gasteiger partial charge in [-0.05, 0) is 23.6 Å². The van der Waals surface area contributed by atoms with Crippen LogP contribution < -0.4 is 16.8 Å². The smallest absolute Gasteiger partial charge is 0.260 e. The fourth-order valence-corrected chi connectivity index (χ4v) is 2.59. The second kappa shape index (κ2) is 5.75. The molecule has 1 amide bonds. The summed E-state index contributed by atoms with van der Waals surface area (Å²) in [6.07, 6.45) is 1.04. The Morgan fingerprint density at radius 2 is 1.89 bits per heavy atom. The van der Waals surface area contributed by atoms with E-state index in [-0.39, 0.29) is 0 Å². The molecule has 2 aromatic rings. The largest absolute Gasteiger partial charge is 0.397 e. The fraction of sp³-hybridized carbons (Fsp3) is 0.214. The average molecular weight is 275 g/mol. The van der Waals surface area contributed by atoms with E-state index in [1.54, 1.807) is 6.07 Å². The third-order valence-electron chi connectivity index (χ3n) is 2.88. The van der Waals surface area contributed by atoms with Crippen LogP contribution >= 0.6 is 11.3 Å². The van der Waals surface area contributed by atoms with Crippen LogP contribution in [0.5, 0.6) is 0 Å². The average Bonchev–Trinajstić information content (AvgIpc) is 2.78. The molecule has 4 nitrogen and oxygen atoms in total. The summed E-state index contributed by atoms with van der Waals surface area (Å²) in [4.78, 5) is 11.5. The highest BCUT2D eigenvalue weighted by Gasteiger charge is 2.10. The van der Waals surface area contributed by atoms with E-state index in [1.165, 1.54) is 22.5 Å². The Bertz CT molecular complexity index is 575. The number of carbonyl (C=O) groups is 1. The van der Waals surface area contributed by atoms with E-state index >= 15 is 0 Å². The highest BCUT2D eigenvalue weighted by Crippen LogP contribution is 2.29. The minimum Gasteiger partial charge on any atom is -0.397 e. The molecule has 1 aromatic heterocycles. The molecule has 0 spiro atoms. The van der Waals surface area contributed by atoms with Gasteiger partial charge in [0.2, 0.25) is 0 Å². The van der Waals surface area contributed by atoms with Gasteiger partial charge in [-0.2, -0.15) is 0 Å². The predicted octanol–water partition coefficient (Wildman–Crippen LogP) is 2.60. The summed E-state index contributed by atoms with van der Waals surface area (Å²) in [7, 11) is 0. The number of nitrogens with one attached hydrogen (secondary N) is 1. The van der Waals surface area contributed by atoms with Gasteiger partial charge < -0.3 is 16.8 Å². The highest BCUT2D eigenvalue weighted by atomic mass is 32.1. The van der Waals surface area contributed by atoms with E-state index in [4.69, 9.17) is 11.5 Å². The van der Waals surface area contributed by atoms with Crippen LogP contribution in [0.4, 0.5) is 10.7 Å². The van der Waals surface area contributed by atoms with Crippen molar-refractivity contribution in [2.24, 2.45) is 5.73 Å². The van der Waals surface area contributed by atoms with Crippen LogP contribution in [-0.2, 0) is 13.0 Å². The number of anilines is 2. The van der Waals surface area contributed by atoms with Crippen LogP contribution in [0.3, 0.4) is 0 Å². The summed E-state index contributed by atoms with van der Waals surface area (Å²) < 4.78 is 0. The minimum atomic E-state index is -0.483. The number of nitrogen functional groups attached to an aromatic ring is 1. The molecule has 2 rings (SSSR count). The lowest BCUT2D eigenvalue weighted by molar-refractivity contribution is 0.100. The van der Waals surface area contributed by atoms with Crippen LogP contribution in [0.25, 0.3) is 0 Å². The van der Waals surface area contributed by atoms with Gasteiger partial charge in [0, 0.05) is 6.54 Å². The summed E-state index contributed by atoms with van der Waals surface area (Å²) in [5.41, 5.74) is 13.9. The number of amides is 1. The maximum atomic E-state index is 11.1. The topological polar surface area (TPSA) is 81.1 Å². The summed E-state index contributed by atoms with van der Waals surface area (Å²) in [5, 5.41) is 4.10. The van der Waals surface area contributed by atoms with Gasteiger partial charge in [0.15, 0.2) is 0 Å². The van der Waals surface area contributed by atoms with Crippen molar-refractivity contribution >= 4 is 27.9 Å². The first-order valence-corrected chi connectivity index (χ1v) is 6.92. The van der Waals surface area contributed by atoms with Crippen molar-refractivity contribution in [3.05, 3.63) is 46.3 Å². The summed E-state index contributed by atoms with van der Waals surface area (Å²) >= 11 is 1.28. The zero-order valence-electron chi connectivity index (χ0n) is 10.8. The zero-order valence-corrected chi connectivity index (χ0v) is 11.6. The molecule has 19 heavy (non-hydrogen) atoms. The molecular formula is C14H17N3OS. The molecule has 1 aromatic carbocycles. The first kappa shape index (κ1) is 13.4. The zero-order chi connectivity index (χ0) is 13.8. The molecule has 0 atom stereocenters. The molecular weight excluding hydrogens is 258 g/mol. The van der Waals surface area contributed by atoms with Crippen LogP contribution in [0.1, 0.15) is 27.7 Å². The molecule has 1 heterocycles. The lowest BCUT2D eigenvalue weighted by Crippen LogP contribution is -2.10. The molecule has 0 aliphatic rings. The molecule has 0 radical (unpaired) electrons. The van der Waals surface area contributed by atoms with Gasteiger partial charge in [0.1, 0.15) is 4.88 Å². The van der Waals surface area contributed by atoms with E-state index in [0.717, 1.165) is 11.4 Å². The van der Waals surface area contributed by atoms with E-state index < -0.39 is 5.91 Å². The van der Waals surface area contributed by atoms with Crippen molar-refractivity contribution < 1.29 is 4.79 Å². The Labute approximate surface area is 116 Å². The number of benzene rings is 1. The molecule has 0 aliphatic heterocycles. The monoisotopic (exact) mass is 275 g/mol. The SMILES string of the molecule is CCc1ccc(CNc2cc(N)c(C(N)=O)s2)cc1. The molecule has 0 bridgehead atoms. The molecule has 5 heteroatoms. The second-order valence-corrected chi connectivity index (χ2v) is 5.34. The van der Waals surface area contributed by atoms with Gasteiger partial charge in [0.25, 0.3) is 5.91 Å². The number of rotatable bonds is 5. The van der Waals surface area contributed by atoms with Crippen LogP contribution in [0.15, 0.2) is 30.3 Å². The van der Waals surface area contributed by atoms with Crippen LogP contribution in [0.2, 0.25) is 0 Å². The number of nitrogens with two attached hydrogens (primary N) is 2. The second-order valence-electron chi connectivity index (χ2n) is 4.28. The first-order chi connectivity index (χ1) is 9.10. The van der Waals surface area contributed by atoms with Crippen molar-refractivity contribution in [3.63, 3.8) is 0 Å². The normalized spacial score (nSPS) is 10.4. The van der Waals surface area contributed by atoms with E-state index in [1.807, 2.05) is 0 Å². The molecule has 0 saturated carbocycles. The van der Waals surface area contributed by atoms with Crippen molar-refractivity contribution in [2.45, 2.75) is 19.9 Å². The number of aryl methyl sites for hydroxylation is 1. The Balaban J connectivity index is 2.01. The number of hydrogen-bond acceptors (Lipinski definition) is 4. The standard InChI is InChI=1S/C14H17N3OS/c1-2-9-3-5-10(6-4-9)8-17-12-7-11(15)13(19-12)14(16)18/h3-7,17H,2,8,15H2,1H3,(H2,16,18). The van der Waals surface area contributed by atoms with Gasteiger partial charge in [-0.3, -0.25) is 4.79 Å². The first-order valence-electron chi connectivity index (χ1n) is 6.11. The summed E-state index contributed by atoms with van der Waals surface area (Å²) in [6.45, 7) is 2.83. The van der Waals surface area contributed by atoms with E-state index in [9.17, 15) is 4.79 Å². The number of carbonyl (C=O) groups excluding carboxylic acids is 1. The fourth-order valence-electron chi connectivity index (χ4n) is 1.77. The van der Waals surface area contributed by atoms with Gasteiger partial charge in [-0.25, -0.2) is 0 Å². The van der Waals surface area contributed by atoms with Gasteiger partial charge in [-0.1, -0.05) is 31.2 Å². The summed E-state index contributed by atoms with van der Waals surface area (Å²) in [5.74, 6) is -0.483. The molecule has 0 fully saturated rings. The van der Waals surface area contributed by atoms with Gasteiger partial charge in [-0.15, -0.1) is 11.3 Å². The molecule has 0 unspecified atom stereocenters. The molecule has 0 aliphatic carbocycles. The highest BCUT2D eigenvalue weighted by molar-refractivity contribution is 7.18. The number of primary amides is 1.